The molecule has 1 heterocycles. The summed E-state index contributed by atoms with van der Waals surface area (Å²) in [4.78, 5) is 19.4. The van der Waals surface area contributed by atoms with Gasteiger partial charge in [0.15, 0.2) is 0 Å². The maximum absolute atomic E-state index is 14.9. The molecule has 0 aliphatic heterocycles. The number of nitrogens with zero attached hydrogens (tertiary/aromatic N) is 2. The number of hydrogen-bond acceptors (Lipinski definition) is 4. The van der Waals surface area contributed by atoms with E-state index in [4.69, 9.17) is 9.84 Å². The van der Waals surface area contributed by atoms with E-state index in [0.29, 0.717) is 22.6 Å². The molecule has 0 bridgehead atoms. The highest BCUT2D eigenvalue weighted by atomic mass is 19.1. The third-order valence-electron chi connectivity index (χ3n) is 4.82. The minimum atomic E-state index is -0.972. The van der Waals surface area contributed by atoms with Crippen molar-refractivity contribution in [3.63, 3.8) is 0 Å². The van der Waals surface area contributed by atoms with E-state index < -0.39 is 11.8 Å². The predicted octanol–water partition coefficient (Wildman–Crippen LogP) is 5.54. The van der Waals surface area contributed by atoms with Gasteiger partial charge in [-0.05, 0) is 48.4 Å². The first kappa shape index (κ1) is 20.2. The molecule has 1 aromatic heterocycles. The molecule has 0 aliphatic rings. The summed E-state index contributed by atoms with van der Waals surface area (Å²) in [5.41, 5.74) is 4.11. The first-order chi connectivity index (χ1) is 15.0. The minimum Gasteiger partial charge on any atom is -0.488 e. The zero-order valence-electron chi connectivity index (χ0n) is 16.7. The van der Waals surface area contributed by atoms with E-state index in [2.05, 4.69) is 9.97 Å². The zero-order valence-corrected chi connectivity index (χ0v) is 16.7. The summed E-state index contributed by atoms with van der Waals surface area (Å²) >= 11 is 0. The molecule has 0 fully saturated rings. The second kappa shape index (κ2) is 8.75. The van der Waals surface area contributed by atoms with Crippen LogP contribution in [0.4, 0.5) is 4.39 Å². The topological polar surface area (TPSA) is 72.3 Å². The average molecular weight is 414 g/mol. The van der Waals surface area contributed by atoms with Crippen molar-refractivity contribution in [3.8, 4) is 28.1 Å². The van der Waals surface area contributed by atoms with Gasteiger partial charge in [-0.1, -0.05) is 36.4 Å². The number of benzene rings is 3. The molecule has 154 valence electrons. The second-order valence-electron chi connectivity index (χ2n) is 7.02. The smallest absolute Gasteiger partial charge is 0.335 e. The second-order valence-corrected chi connectivity index (χ2v) is 7.02. The largest absolute Gasteiger partial charge is 0.488 e. The average Bonchev–Trinajstić information content (AvgIpc) is 2.79. The lowest BCUT2D eigenvalue weighted by molar-refractivity contribution is 0.0697. The van der Waals surface area contributed by atoms with Gasteiger partial charge in [-0.15, -0.1) is 0 Å². The highest BCUT2D eigenvalue weighted by molar-refractivity contribution is 5.87. The Bertz CT molecular complexity index is 1220. The van der Waals surface area contributed by atoms with Crippen molar-refractivity contribution in [3.05, 3.63) is 102 Å². The molecule has 1 N–H and O–H groups in total. The third kappa shape index (κ3) is 4.59. The predicted molar refractivity (Wildman–Crippen MR) is 115 cm³/mol. The molecule has 0 unspecified atom stereocenters. The lowest BCUT2D eigenvalue weighted by Crippen LogP contribution is -2.00. The van der Waals surface area contributed by atoms with Crippen molar-refractivity contribution in [2.45, 2.75) is 13.5 Å². The standard InChI is InChI=1S/C25H19FN2O3/c1-16-13-28-23(14-27-16)21-11-10-19(12-22(21)26)20-4-2-3-5-24(20)31-15-17-6-8-18(9-7-17)25(29)30/h2-14H,15H2,1H3,(H,29,30). The molecular weight excluding hydrogens is 395 g/mol. The quantitative estimate of drug-likeness (QED) is 0.449. The molecule has 0 atom stereocenters. The van der Waals surface area contributed by atoms with Gasteiger partial charge in [0.05, 0.1) is 23.1 Å². The summed E-state index contributed by atoms with van der Waals surface area (Å²) < 4.78 is 20.8. The summed E-state index contributed by atoms with van der Waals surface area (Å²) in [6, 6.07) is 18.9. The van der Waals surface area contributed by atoms with Crippen LogP contribution in [0.25, 0.3) is 22.4 Å². The molecule has 0 saturated heterocycles. The molecule has 31 heavy (non-hydrogen) atoms. The number of aromatic carboxylic acids is 1. The number of halogens is 1. The SMILES string of the molecule is Cc1cnc(-c2ccc(-c3ccccc3OCc3ccc(C(=O)O)cc3)cc2F)cn1. The van der Waals surface area contributed by atoms with E-state index in [1.807, 2.05) is 37.3 Å². The van der Waals surface area contributed by atoms with Crippen LogP contribution < -0.4 is 4.74 Å². The van der Waals surface area contributed by atoms with E-state index in [1.54, 1.807) is 30.6 Å². The number of aryl methyl sites for hydroxylation is 1. The Balaban J connectivity index is 1.57. The van der Waals surface area contributed by atoms with Crippen LogP contribution in [-0.2, 0) is 6.61 Å². The van der Waals surface area contributed by atoms with Crippen LogP contribution in [0.2, 0.25) is 0 Å². The molecule has 0 radical (unpaired) electrons. The van der Waals surface area contributed by atoms with Crippen LogP contribution in [0.3, 0.4) is 0 Å². The van der Waals surface area contributed by atoms with E-state index in [1.165, 1.54) is 18.2 Å². The fourth-order valence-electron chi connectivity index (χ4n) is 3.16. The number of hydrogen-bond donors (Lipinski definition) is 1. The first-order valence-electron chi connectivity index (χ1n) is 9.64. The van der Waals surface area contributed by atoms with Gasteiger partial charge in [0.2, 0.25) is 0 Å². The molecule has 0 aliphatic carbocycles. The lowest BCUT2D eigenvalue weighted by Gasteiger charge is -2.13. The number of rotatable bonds is 6. The summed E-state index contributed by atoms with van der Waals surface area (Å²) in [5, 5.41) is 9.00. The Kier molecular flexibility index (Phi) is 5.71. The van der Waals surface area contributed by atoms with Crippen LogP contribution >= 0.6 is 0 Å². The molecule has 3 aromatic carbocycles. The Morgan fingerprint density at radius 2 is 1.74 bits per heavy atom. The van der Waals surface area contributed by atoms with Gasteiger partial charge in [-0.2, -0.15) is 0 Å². The molecule has 5 nitrogen and oxygen atoms in total. The van der Waals surface area contributed by atoms with E-state index in [9.17, 15) is 9.18 Å². The molecule has 6 heteroatoms. The number of carboxylic acid groups (broad SMARTS) is 1. The van der Waals surface area contributed by atoms with Crippen molar-refractivity contribution < 1.29 is 19.0 Å². The zero-order chi connectivity index (χ0) is 21.8. The van der Waals surface area contributed by atoms with Crippen molar-refractivity contribution in [2.24, 2.45) is 0 Å². The fraction of sp³-hybridized carbons (Fsp3) is 0.0800. The van der Waals surface area contributed by atoms with Gasteiger partial charge < -0.3 is 9.84 Å². The van der Waals surface area contributed by atoms with E-state index in [-0.39, 0.29) is 12.2 Å². The number of carboxylic acids is 1. The molecule has 0 spiro atoms. The lowest BCUT2D eigenvalue weighted by atomic mass is 10.0. The van der Waals surface area contributed by atoms with Crippen LogP contribution in [0.15, 0.2) is 79.1 Å². The van der Waals surface area contributed by atoms with Crippen molar-refractivity contribution in [1.29, 1.82) is 0 Å². The fourth-order valence-corrected chi connectivity index (χ4v) is 3.16. The Hall–Kier alpha value is -4.06. The van der Waals surface area contributed by atoms with Gasteiger partial charge >= 0.3 is 5.97 Å². The summed E-state index contributed by atoms with van der Waals surface area (Å²) in [6.45, 7) is 2.09. The Morgan fingerprint density at radius 1 is 0.968 bits per heavy atom. The molecule has 0 amide bonds. The van der Waals surface area contributed by atoms with Gasteiger partial charge in [0, 0.05) is 17.3 Å². The van der Waals surface area contributed by atoms with Crippen LogP contribution in [0.5, 0.6) is 5.75 Å². The van der Waals surface area contributed by atoms with Gasteiger partial charge in [-0.3, -0.25) is 9.97 Å². The molecule has 4 rings (SSSR count). The summed E-state index contributed by atoms with van der Waals surface area (Å²) in [5.74, 6) is -0.762. The summed E-state index contributed by atoms with van der Waals surface area (Å²) in [6.07, 6.45) is 3.16. The van der Waals surface area contributed by atoms with Crippen molar-refractivity contribution in [2.75, 3.05) is 0 Å². The highest BCUT2D eigenvalue weighted by Gasteiger charge is 2.12. The van der Waals surface area contributed by atoms with Crippen LogP contribution in [0, 0.1) is 12.7 Å². The number of ether oxygens (including phenoxy) is 1. The van der Waals surface area contributed by atoms with Gasteiger partial charge in [-0.25, -0.2) is 9.18 Å². The van der Waals surface area contributed by atoms with Gasteiger partial charge in [0.25, 0.3) is 0 Å². The normalized spacial score (nSPS) is 10.6. The first-order valence-corrected chi connectivity index (χ1v) is 9.64. The van der Waals surface area contributed by atoms with Crippen LogP contribution in [-0.4, -0.2) is 21.0 Å². The monoisotopic (exact) mass is 414 g/mol. The van der Waals surface area contributed by atoms with E-state index in [0.717, 1.165) is 16.8 Å². The number of para-hydroxylation sites is 1. The molecule has 4 aromatic rings. The Morgan fingerprint density at radius 3 is 2.42 bits per heavy atom. The van der Waals surface area contributed by atoms with Crippen LogP contribution in [0.1, 0.15) is 21.6 Å². The summed E-state index contributed by atoms with van der Waals surface area (Å²) in [7, 11) is 0. The van der Waals surface area contributed by atoms with Crippen molar-refractivity contribution >= 4 is 5.97 Å². The third-order valence-corrected chi connectivity index (χ3v) is 4.82. The number of aromatic nitrogens is 2. The maximum atomic E-state index is 14.9. The maximum Gasteiger partial charge on any atom is 0.335 e. The number of carbonyl (C=O) groups is 1. The molecular formula is C25H19FN2O3. The molecule has 0 saturated carbocycles. The van der Waals surface area contributed by atoms with Gasteiger partial charge in [0.1, 0.15) is 18.2 Å². The Labute approximate surface area is 178 Å². The minimum absolute atomic E-state index is 0.220. The van der Waals surface area contributed by atoms with E-state index >= 15 is 0 Å². The highest BCUT2D eigenvalue weighted by Crippen LogP contribution is 2.33. The van der Waals surface area contributed by atoms with Crippen molar-refractivity contribution in [1.82, 2.24) is 9.97 Å².